The van der Waals surface area contributed by atoms with Crippen LogP contribution in [0.5, 0.6) is 0 Å². The standard InChI is InChI=1S/C20H23ClN4O2/c21-17-3-1-15(2-4-17)11-16-5-6-25(14-16)19-13-22-12-18(23-19)20(26)24-7-9-27-10-8-24/h1-4,12-13,16H,5-11,14H2. The van der Waals surface area contributed by atoms with Crippen molar-refractivity contribution < 1.29 is 9.53 Å². The number of carbonyl (C=O) groups is 1. The van der Waals surface area contributed by atoms with E-state index >= 15 is 0 Å². The quantitative estimate of drug-likeness (QED) is 0.808. The minimum atomic E-state index is -0.0652. The number of rotatable bonds is 4. The van der Waals surface area contributed by atoms with E-state index in [-0.39, 0.29) is 5.91 Å². The topological polar surface area (TPSA) is 58.6 Å². The molecule has 1 atom stereocenters. The SMILES string of the molecule is O=C(c1cncc(N2CCC(Cc3ccc(Cl)cc3)C2)n1)N1CCOCC1. The van der Waals surface area contributed by atoms with Gasteiger partial charge in [0.25, 0.3) is 5.91 Å². The lowest BCUT2D eigenvalue weighted by molar-refractivity contribution is 0.0299. The molecule has 0 saturated carbocycles. The first kappa shape index (κ1) is 18.2. The van der Waals surface area contributed by atoms with Crippen molar-refractivity contribution >= 4 is 23.3 Å². The highest BCUT2D eigenvalue weighted by molar-refractivity contribution is 6.30. The highest BCUT2D eigenvalue weighted by atomic mass is 35.5. The Morgan fingerprint density at radius 2 is 1.93 bits per heavy atom. The van der Waals surface area contributed by atoms with Crippen LogP contribution in [0.25, 0.3) is 0 Å². The van der Waals surface area contributed by atoms with Crippen LogP contribution in [0.1, 0.15) is 22.5 Å². The Morgan fingerprint density at radius 3 is 2.70 bits per heavy atom. The summed E-state index contributed by atoms with van der Waals surface area (Å²) in [7, 11) is 0. The van der Waals surface area contributed by atoms with Crippen LogP contribution in [0, 0.1) is 5.92 Å². The van der Waals surface area contributed by atoms with Crippen LogP contribution in [0.4, 0.5) is 5.82 Å². The fourth-order valence-corrected chi connectivity index (χ4v) is 3.83. The van der Waals surface area contributed by atoms with Gasteiger partial charge >= 0.3 is 0 Å². The van der Waals surface area contributed by atoms with E-state index in [1.54, 1.807) is 17.3 Å². The molecule has 1 unspecified atom stereocenters. The molecule has 7 heteroatoms. The molecule has 3 heterocycles. The molecule has 1 aromatic heterocycles. The zero-order chi connectivity index (χ0) is 18.6. The molecule has 2 saturated heterocycles. The van der Waals surface area contributed by atoms with Crippen LogP contribution in [-0.2, 0) is 11.2 Å². The van der Waals surface area contributed by atoms with Gasteiger partial charge in [-0.1, -0.05) is 23.7 Å². The summed E-state index contributed by atoms with van der Waals surface area (Å²) in [4.78, 5) is 25.5. The molecule has 6 nitrogen and oxygen atoms in total. The van der Waals surface area contributed by atoms with Crippen LogP contribution < -0.4 is 4.90 Å². The van der Waals surface area contributed by atoms with Gasteiger partial charge in [0.1, 0.15) is 11.5 Å². The third-order valence-corrected chi connectivity index (χ3v) is 5.44. The van der Waals surface area contributed by atoms with Crippen molar-refractivity contribution in [3.05, 3.63) is 52.9 Å². The Bertz CT molecular complexity index is 793. The summed E-state index contributed by atoms with van der Waals surface area (Å²) in [6.07, 6.45) is 5.43. The Kier molecular flexibility index (Phi) is 5.55. The molecule has 0 N–H and O–H groups in total. The first-order valence-electron chi connectivity index (χ1n) is 9.37. The molecular weight excluding hydrogens is 364 g/mol. The minimum Gasteiger partial charge on any atom is -0.378 e. The third-order valence-electron chi connectivity index (χ3n) is 5.19. The fraction of sp³-hybridized carbons (Fsp3) is 0.450. The average Bonchev–Trinajstić information content (AvgIpc) is 3.18. The van der Waals surface area contributed by atoms with Gasteiger partial charge in [0.2, 0.25) is 0 Å². The Morgan fingerprint density at radius 1 is 1.15 bits per heavy atom. The maximum Gasteiger partial charge on any atom is 0.274 e. The predicted octanol–water partition coefficient (Wildman–Crippen LogP) is 2.67. The molecule has 4 rings (SSSR count). The molecule has 2 aliphatic rings. The number of hydrogen-bond acceptors (Lipinski definition) is 5. The second-order valence-corrected chi connectivity index (χ2v) is 7.53. The van der Waals surface area contributed by atoms with Gasteiger partial charge in [-0.15, -0.1) is 0 Å². The van der Waals surface area contributed by atoms with Gasteiger partial charge in [0.05, 0.1) is 25.6 Å². The molecular formula is C20H23ClN4O2. The summed E-state index contributed by atoms with van der Waals surface area (Å²) in [5.41, 5.74) is 1.71. The number of amides is 1. The van der Waals surface area contributed by atoms with Gasteiger partial charge in [0, 0.05) is 31.2 Å². The highest BCUT2D eigenvalue weighted by Gasteiger charge is 2.26. The number of halogens is 1. The van der Waals surface area contributed by atoms with Crippen LogP contribution in [0.15, 0.2) is 36.7 Å². The van der Waals surface area contributed by atoms with Crippen LogP contribution in [0.2, 0.25) is 5.02 Å². The monoisotopic (exact) mass is 386 g/mol. The smallest absolute Gasteiger partial charge is 0.274 e. The summed E-state index contributed by atoms with van der Waals surface area (Å²) in [5, 5.41) is 0.767. The molecule has 0 spiro atoms. The molecule has 0 bridgehead atoms. The lowest BCUT2D eigenvalue weighted by Gasteiger charge is -2.26. The van der Waals surface area contributed by atoms with Crippen LogP contribution >= 0.6 is 11.6 Å². The number of morpholine rings is 1. The lowest BCUT2D eigenvalue weighted by Crippen LogP contribution is -2.41. The number of hydrogen-bond donors (Lipinski definition) is 0. The van der Waals surface area contributed by atoms with E-state index in [1.807, 2.05) is 12.1 Å². The van der Waals surface area contributed by atoms with Crippen molar-refractivity contribution in [3.63, 3.8) is 0 Å². The molecule has 1 amide bonds. The fourth-order valence-electron chi connectivity index (χ4n) is 3.70. The molecule has 27 heavy (non-hydrogen) atoms. The van der Waals surface area contributed by atoms with E-state index in [0.717, 1.165) is 36.8 Å². The Hall–Kier alpha value is -2.18. The van der Waals surface area contributed by atoms with Gasteiger partial charge in [-0.3, -0.25) is 9.78 Å². The Labute approximate surface area is 164 Å². The summed E-state index contributed by atoms with van der Waals surface area (Å²) >= 11 is 5.97. The van der Waals surface area contributed by atoms with Crippen molar-refractivity contribution in [1.29, 1.82) is 0 Å². The van der Waals surface area contributed by atoms with E-state index in [1.165, 1.54) is 5.56 Å². The van der Waals surface area contributed by atoms with Gasteiger partial charge < -0.3 is 14.5 Å². The zero-order valence-electron chi connectivity index (χ0n) is 15.2. The van der Waals surface area contributed by atoms with Gasteiger partial charge in [-0.05, 0) is 36.5 Å². The minimum absolute atomic E-state index is 0.0652. The van der Waals surface area contributed by atoms with E-state index in [0.29, 0.717) is 37.9 Å². The molecule has 0 aliphatic carbocycles. The van der Waals surface area contributed by atoms with Crippen molar-refractivity contribution in [2.45, 2.75) is 12.8 Å². The molecule has 2 aliphatic heterocycles. The Balaban J connectivity index is 1.40. The summed E-state index contributed by atoms with van der Waals surface area (Å²) in [6, 6.07) is 8.06. The number of nitrogens with zero attached hydrogens (tertiary/aromatic N) is 4. The van der Waals surface area contributed by atoms with E-state index < -0.39 is 0 Å². The largest absolute Gasteiger partial charge is 0.378 e. The predicted molar refractivity (Wildman–Crippen MR) is 104 cm³/mol. The van der Waals surface area contributed by atoms with E-state index in [2.05, 4.69) is 27.0 Å². The summed E-state index contributed by atoms with van der Waals surface area (Å²) in [5.74, 6) is 1.28. The van der Waals surface area contributed by atoms with E-state index in [9.17, 15) is 4.79 Å². The van der Waals surface area contributed by atoms with Gasteiger partial charge in [0.15, 0.2) is 0 Å². The molecule has 142 valence electrons. The van der Waals surface area contributed by atoms with Crippen molar-refractivity contribution in [3.8, 4) is 0 Å². The molecule has 0 radical (unpaired) electrons. The average molecular weight is 387 g/mol. The zero-order valence-corrected chi connectivity index (χ0v) is 15.9. The maximum atomic E-state index is 12.6. The van der Waals surface area contributed by atoms with Crippen molar-refractivity contribution in [1.82, 2.24) is 14.9 Å². The second-order valence-electron chi connectivity index (χ2n) is 7.10. The third kappa shape index (κ3) is 4.39. The first-order valence-corrected chi connectivity index (χ1v) is 9.75. The van der Waals surface area contributed by atoms with Gasteiger partial charge in [-0.25, -0.2) is 4.98 Å². The maximum absolute atomic E-state index is 12.6. The highest BCUT2D eigenvalue weighted by Crippen LogP contribution is 2.25. The number of benzene rings is 1. The first-order chi connectivity index (χ1) is 13.2. The van der Waals surface area contributed by atoms with Crippen molar-refractivity contribution in [2.24, 2.45) is 5.92 Å². The normalized spacial score (nSPS) is 20.1. The molecule has 2 fully saturated rings. The van der Waals surface area contributed by atoms with E-state index in [4.69, 9.17) is 16.3 Å². The van der Waals surface area contributed by atoms with Crippen molar-refractivity contribution in [2.75, 3.05) is 44.3 Å². The lowest BCUT2D eigenvalue weighted by atomic mass is 9.99. The number of carbonyl (C=O) groups excluding carboxylic acids is 1. The molecule has 2 aromatic rings. The molecule has 1 aromatic carbocycles. The number of ether oxygens (including phenoxy) is 1. The van der Waals surface area contributed by atoms with Gasteiger partial charge in [-0.2, -0.15) is 0 Å². The van der Waals surface area contributed by atoms with Crippen LogP contribution in [0.3, 0.4) is 0 Å². The number of anilines is 1. The van der Waals surface area contributed by atoms with Crippen LogP contribution in [-0.4, -0.2) is 60.2 Å². The summed E-state index contributed by atoms with van der Waals surface area (Å²) in [6.45, 7) is 4.23. The second kappa shape index (κ2) is 8.23. The summed E-state index contributed by atoms with van der Waals surface area (Å²) < 4.78 is 5.31. The number of aromatic nitrogens is 2.